The Labute approximate surface area is 126 Å². The van der Waals surface area contributed by atoms with Crippen LogP contribution in [0.4, 0.5) is 0 Å². The number of hydrogen-bond acceptors (Lipinski definition) is 3. The van der Waals surface area contributed by atoms with Crippen LogP contribution in [0.3, 0.4) is 0 Å². The Kier molecular flexibility index (Phi) is 3.71. The van der Waals surface area contributed by atoms with Gasteiger partial charge < -0.3 is 4.90 Å². The molecule has 1 aliphatic rings. The molecule has 0 amide bonds. The van der Waals surface area contributed by atoms with Gasteiger partial charge in [0.2, 0.25) is 0 Å². The van der Waals surface area contributed by atoms with Crippen molar-refractivity contribution in [3.63, 3.8) is 0 Å². The zero-order valence-electron chi connectivity index (χ0n) is 11.1. The highest BCUT2D eigenvalue weighted by Crippen LogP contribution is 2.25. The second-order valence-electron chi connectivity index (χ2n) is 5.37. The van der Waals surface area contributed by atoms with Gasteiger partial charge in [0.25, 0.3) is 5.56 Å². The Morgan fingerprint density at radius 2 is 2.10 bits per heavy atom. The molecule has 1 aromatic carbocycles. The topological polar surface area (TPSA) is 38.1 Å². The first-order chi connectivity index (χ1) is 9.56. The summed E-state index contributed by atoms with van der Waals surface area (Å²) in [6.45, 7) is 2.76. The average Bonchev–Trinajstić information content (AvgIpc) is 2.82. The summed E-state index contributed by atoms with van der Waals surface area (Å²) in [4.78, 5) is 19.1. The fourth-order valence-electron chi connectivity index (χ4n) is 2.78. The molecule has 0 saturated carbocycles. The number of benzene rings is 1. The summed E-state index contributed by atoms with van der Waals surface area (Å²) in [5.74, 6) is 0.481. The monoisotopic (exact) mass is 311 g/mol. The lowest BCUT2D eigenvalue weighted by atomic mass is 10.1. The van der Waals surface area contributed by atoms with Crippen LogP contribution in [-0.4, -0.2) is 34.6 Å². The molecule has 106 valence electrons. The third-order valence-electron chi connectivity index (χ3n) is 3.82. The first-order valence-electron chi connectivity index (χ1n) is 6.58. The van der Waals surface area contributed by atoms with Gasteiger partial charge >= 0.3 is 0 Å². The lowest BCUT2D eigenvalue weighted by Crippen LogP contribution is -2.26. The molecule has 0 bridgehead atoms. The molecule has 1 aromatic heterocycles. The van der Waals surface area contributed by atoms with Crippen molar-refractivity contribution in [2.45, 2.75) is 13.0 Å². The molecule has 1 fully saturated rings. The van der Waals surface area contributed by atoms with E-state index in [4.69, 9.17) is 23.2 Å². The van der Waals surface area contributed by atoms with Crippen LogP contribution in [0.1, 0.15) is 6.42 Å². The third kappa shape index (κ3) is 2.43. The Bertz CT molecular complexity index is 713. The average molecular weight is 312 g/mol. The number of halogens is 2. The van der Waals surface area contributed by atoms with E-state index in [-0.39, 0.29) is 5.56 Å². The summed E-state index contributed by atoms with van der Waals surface area (Å²) >= 11 is 12.2. The quantitative estimate of drug-likeness (QED) is 0.856. The second kappa shape index (κ2) is 5.35. The minimum Gasteiger partial charge on any atom is -0.306 e. The Morgan fingerprint density at radius 1 is 1.35 bits per heavy atom. The molecule has 6 heteroatoms. The van der Waals surface area contributed by atoms with Gasteiger partial charge in [-0.2, -0.15) is 0 Å². The number of nitrogens with zero attached hydrogens (tertiary/aromatic N) is 3. The zero-order valence-corrected chi connectivity index (χ0v) is 12.7. The van der Waals surface area contributed by atoms with Crippen molar-refractivity contribution in [3.05, 3.63) is 38.9 Å². The minimum atomic E-state index is -0.114. The normalized spacial score (nSPS) is 19.9. The fraction of sp³-hybridized carbons (Fsp3) is 0.429. The van der Waals surface area contributed by atoms with E-state index in [0.717, 1.165) is 19.5 Å². The van der Waals surface area contributed by atoms with E-state index >= 15 is 0 Å². The third-order valence-corrected chi connectivity index (χ3v) is 4.44. The van der Waals surface area contributed by atoms with Gasteiger partial charge in [-0.3, -0.25) is 9.36 Å². The van der Waals surface area contributed by atoms with Gasteiger partial charge in [-0.05, 0) is 38.1 Å². The van der Waals surface area contributed by atoms with Gasteiger partial charge in [-0.1, -0.05) is 23.2 Å². The van der Waals surface area contributed by atoms with E-state index in [0.29, 0.717) is 33.4 Å². The zero-order chi connectivity index (χ0) is 14.3. The fourth-order valence-corrected chi connectivity index (χ4v) is 3.22. The predicted octanol–water partition coefficient (Wildman–Crippen LogP) is 2.66. The number of fused-ring (bicyclic) bond motifs is 1. The van der Waals surface area contributed by atoms with Crippen molar-refractivity contribution in [1.29, 1.82) is 0 Å². The number of likely N-dealkylation sites (tertiary alicyclic amines) is 1. The van der Waals surface area contributed by atoms with Crippen LogP contribution in [0.2, 0.25) is 10.0 Å². The summed E-state index contributed by atoms with van der Waals surface area (Å²) in [5.41, 5.74) is 0.362. The van der Waals surface area contributed by atoms with Crippen LogP contribution in [0, 0.1) is 5.92 Å². The molecule has 2 heterocycles. The highest BCUT2D eigenvalue weighted by Gasteiger charge is 2.21. The molecule has 20 heavy (non-hydrogen) atoms. The van der Waals surface area contributed by atoms with E-state index in [2.05, 4.69) is 16.9 Å². The number of rotatable bonds is 2. The van der Waals surface area contributed by atoms with Crippen molar-refractivity contribution in [1.82, 2.24) is 14.5 Å². The highest BCUT2D eigenvalue weighted by molar-refractivity contribution is 6.39. The molecule has 1 atom stereocenters. The first-order valence-corrected chi connectivity index (χ1v) is 7.33. The number of aromatic nitrogens is 2. The van der Waals surface area contributed by atoms with Crippen LogP contribution in [0.15, 0.2) is 23.3 Å². The summed E-state index contributed by atoms with van der Waals surface area (Å²) in [5, 5.41) is 1.27. The lowest BCUT2D eigenvalue weighted by Gasteiger charge is -2.13. The van der Waals surface area contributed by atoms with E-state index in [1.54, 1.807) is 23.0 Å². The van der Waals surface area contributed by atoms with Crippen molar-refractivity contribution in [2.75, 3.05) is 20.1 Å². The molecule has 2 aromatic rings. The predicted molar refractivity (Wildman–Crippen MR) is 81.6 cm³/mol. The van der Waals surface area contributed by atoms with Crippen LogP contribution in [0.5, 0.6) is 0 Å². The molecular formula is C14H15Cl2N3O. The molecule has 4 nitrogen and oxygen atoms in total. The smallest absolute Gasteiger partial charge is 0.262 e. The molecule has 0 radical (unpaired) electrons. The van der Waals surface area contributed by atoms with Gasteiger partial charge in [0.15, 0.2) is 0 Å². The molecule has 0 spiro atoms. The highest BCUT2D eigenvalue weighted by atomic mass is 35.5. The van der Waals surface area contributed by atoms with Crippen molar-refractivity contribution < 1.29 is 0 Å². The van der Waals surface area contributed by atoms with Gasteiger partial charge in [-0.25, -0.2) is 4.98 Å². The molecule has 3 rings (SSSR count). The van der Waals surface area contributed by atoms with Crippen LogP contribution in [-0.2, 0) is 6.54 Å². The van der Waals surface area contributed by atoms with Crippen molar-refractivity contribution in [2.24, 2.45) is 5.92 Å². The largest absolute Gasteiger partial charge is 0.306 e. The van der Waals surface area contributed by atoms with Crippen LogP contribution < -0.4 is 5.56 Å². The Balaban J connectivity index is 2.03. The van der Waals surface area contributed by atoms with Crippen LogP contribution >= 0.6 is 23.2 Å². The lowest BCUT2D eigenvalue weighted by molar-refractivity contribution is 0.375. The van der Waals surface area contributed by atoms with Gasteiger partial charge in [-0.15, -0.1) is 0 Å². The first kappa shape index (κ1) is 13.9. The molecule has 0 unspecified atom stereocenters. The molecule has 1 aliphatic heterocycles. The van der Waals surface area contributed by atoms with E-state index in [1.807, 2.05) is 0 Å². The summed E-state index contributed by atoms with van der Waals surface area (Å²) in [6, 6.07) is 3.30. The van der Waals surface area contributed by atoms with Crippen molar-refractivity contribution >= 4 is 34.1 Å². The van der Waals surface area contributed by atoms with E-state index < -0.39 is 0 Å². The maximum Gasteiger partial charge on any atom is 0.262 e. The van der Waals surface area contributed by atoms with Gasteiger partial charge in [0, 0.05) is 13.1 Å². The summed E-state index contributed by atoms with van der Waals surface area (Å²) < 4.78 is 1.65. The molecule has 1 saturated heterocycles. The Morgan fingerprint density at radius 3 is 2.80 bits per heavy atom. The van der Waals surface area contributed by atoms with E-state index in [1.165, 1.54) is 0 Å². The molecule has 0 aliphatic carbocycles. The SMILES string of the molecule is CN1CC[C@H](Cn2cnc3c(Cl)ccc(Cl)c3c2=O)C1. The van der Waals surface area contributed by atoms with Crippen LogP contribution in [0.25, 0.3) is 10.9 Å². The summed E-state index contributed by atoms with van der Waals surface area (Å²) in [6.07, 6.45) is 2.68. The standard InChI is InChI=1S/C14H15Cl2N3O/c1-18-5-4-9(6-18)7-19-8-17-13-11(16)3-2-10(15)12(13)14(19)20/h2-3,8-9H,4-7H2,1H3/t9-/m0/s1. The summed E-state index contributed by atoms with van der Waals surface area (Å²) in [7, 11) is 2.10. The maximum absolute atomic E-state index is 12.5. The van der Waals surface area contributed by atoms with Gasteiger partial charge in [0.1, 0.15) is 0 Å². The van der Waals surface area contributed by atoms with Crippen molar-refractivity contribution in [3.8, 4) is 0 Å². The second-order valence-corrected chi connectivity index (χ2v) is 6.19. The van der Waals surface area contributed by atoms with Gasteiger partial charge in [0.05, 0.1) is 27.3 Å². The molecular weight excluding hydrogens is 297 g/mol. The maximum atomic E-state index is 12.5. The minimum absolute atomic E-state index is 0.114. The Hall–Kier alpha value is -1.10. The molecule has 0 N–H and O–H groups in total. The van der Waals surface area contributed by atoms with E-state index in [9.17, 15) is 4.79 Å². The number of hydrogen-bond donors (Lipinski definition) is 0.